The van der Waals surface area contributed by atoms with E-state index >= 15 is 0 Å². The number of benzene rings is 10. The van der Waals surface area contributed by atoms with Gasteiger partial charge in [0.15, 0.2) is 0 Å². The average molecular weight is 821 g/mol. The van der Waals surface area contributed by atoms with Crippen molar-refractivity contribution >= 4 is 55.7 Å². The zero-order valence-corrected chi connectivity index (χ0v) is 36.7. The van der Waals surface area contributed by atoms with Gasteiger partial charge in [-0.1, -0.05) is 191 Å². The Balaban J connectivity index is 1.09. The molecule has 2 heteroatoms. The smallest absolute Gasteiger partial charge is 0.0618 e. The summed E-state index contributed by atoms with van der Waals surface area (Å²) in [6, 6.07) is 81.1. The van der Waals surface area contributed by atoms with Gasteiger partial charge in [0.1, 0.15) is 0 Å². The van der Waals surface area contributed by atoms with E-state index in [4.69, 9.17) is 0 Å². The van der Waals surface area contributed by atoms with E-state index in [0.29, 0.717) is 0 Å². The van der Waals surface area contributed by atoms with Crippen molar-refractivity contribution in [3.8, 4) is 33.4 Å². The molecule has 0 saturated heterocycles. The van der Waals surface area contributed by atoms with E-state index in [1.54, 1.807) is 0 Å². The molecule has 1 heterocycles. The Morgan fingerprint density at radius 2 is 0.906 bits per heavy atom. The number of para-hydroxylation sites is 1. The molecule has 2 nitrogen and oxygen atoms in total. The molecule has 1 aliphatic carbocycles. The molecule has 0 bridgehead atoms. The minimum atomic E-state index is -0.314. The number of fused-ring (bicyclic) bond motifs is 7. The van der Waals surface area contributed by atoms with Gasteiger partial charge < -0.3 is 9.80 Å². The third-order valence-electron chi connectivity index (χ3n) is 14.2. The van der Waals surface area contributed by atoms with Crippen molar-refractivity contribution in [2.75, 3.05) is 9.80 Å². The molecule has 306 valence electrons. The minimum Gasteiger partial charge on any atom is -0.310 e. The molecule has 0 fully saturated rings. The van der Waals surface area contributed by atoms with Crippen LogP contribution in [0.25, 0.3) is 54.9 Å². The van der Waals surface area contributed by atoms with Crippen molar-refractivity contribution in [1.29, 1.82) is 0 Å². The zero-order valence-electron chi connectivity index (χ0n) is 36.7. The SMILES string of the molecule is CC1(C)c2ccccc2-c2ccc(N(c3cccc(-c4ccccc4)c3)c3ccc4c(c3)C(C)(C)c3ccccc3N4c3c(-c4ccc5ccccc5c4)ccc4ccccc34)cc21. The second kappa shape index (κ2) is 14.4. The lowest BCUT2D eigenvalue weighted by molar-refractivity contribution is 0.632. The third-order valence-corrected chi connectivity index (χ3v) is 14.2. The summed E-state index contributed by atoms with van der Waals surface area (Å²) in [7, 11) is 0. The quantitative estimate of drug-likeness (QED) is 0.165. The molecule has 10 aromatic rings. The molecule has 10 aromatic carbocycles. The molecule has 0 unspecified atom stereocenters. The Kier molecular flexibility index (Phi) is 8.58. The second-order valence-electron chi connectivity index (χ2n) is 18.6. The maximum atomic E-state index is 2.56. The average Bonchev–Trinajstić information content (AvgIpc) is 3.57. The maximum absolute atomic E-state index is 2.56. The van der Waals surface area contributed by atoms with Crippen LogP contribution in [0.5, 0.6) is 0 Å². The van der Waals surface area contributed by atoms with Gasteiger partial charge in [0, 0.05) is 38.8 Å². The normalized spacial score (nSPS) is 14.2. The van der Waals surface area contributed by atoms with Crippen molar-refractivity contribution in [3.63, 3.8) is 0 Å². The molecule has 0 aromatic heterocycles. The Bertz CT molecular complexity index is 3470. The van der Waals surface area contributed by atoms with Gasteiger partial charge >= 0.3 is 0 Å². The van der Waals surface area contributed by atoms with Crippen LogP contribution in [-0.4, -0.2) is 0 Å². The number of rotatable bonds is 6. The van der Waals surface area contributed by atoms with Gasteiger partial charge in [-0.05, 0) is 121 Å². The van der Waals surface area contributed by atoms with Crippen LogP contribution in [0.3, 0.4) is 0 Å². The molecule has 64 heavy (non-hydrogen) atoms. The largest absolute Gasteiger partial charge is 0.310 e. The number of hydrogen-bond acceptors (Lipinski definition) is 2. The van der Waals surface area contributed by atoms with Gasteiger partial charge in [-0.2, -0.15) is 0 Å². The van der Waals surface area contributed by atoms with Gasteiger partial charge in [0.25, 0.3) is 0 Å². The fraction of sp³-hybridized carbons (Fsp3) is 0.0968. The Morgan fingerprint density at radius 3 is 1.75 bits per heavy atom. The lowest BCUT2D eigenvalue weighted by Crippen LogP contribution is -2.31. The molecule has 0 atom stereocenters. The molecule has 1 aliphatic heterocycles. The summed E-state index contributed by atoms with van der Waals surface area (Å²) in [4.78, 5) is 5.04. The molecule has 0 radical (unpaired) electrons. The van der Waals surface area contributed by atoms with Crippen LogP contribution in [0.2, 0.25) is 0 Å². The van der Waals surface area contributed by atoms with Crippen LogP contribution < -0.4 is 9.80 Å². The van der Waals surface area contributed by atoms with E-state index in [9.17, 15) is 0 Å². The van der Waals surface area contributed by atoms with Crippen LogP contribution in [0, 0.1) is 0 Å². The predicted octanol–water partition coefficient (Wildman–Crippen LogP) is 17.2. The van der Waals surface area contributed by atoms with E-state index in [0.717, 1.165) is 17.1 Å². The Labute approximate surface area is 376 Å². The highest BCUT2D eigenvalue weighted by atomic mass is 15.2. The molecule has 0 N–H and O–H groups in total. The molecular weight excluding hydrogens is 773 g/mol. The van der Waals surface area contributed by atoms with E-state index in [1.165, 1.54) is 94.2 Å². The lowest BCUT2D eigenvalue weighted by Gasteiger charge is -2.43. The van der Waals surface area contributed by atoms with Gasteiger partial charge in [0.2, 0.25) is 0 Å². The van der Waals surface area contributed by atoms with Gasteiger partial charge in [-0.15, -0.1) is 0 Å². The first kappa shape index (κ1) is 38.0. The van der Waals surface area contributed by atoms with Gasteiger partial charge in [0.05, 0.1) is 17.1 Å². The van der Waals surface area contributed by atoms with Crippen LogP contribution in [0.4, 0.5) is 34.1 Å². The monoisotopic (exact) mass is 820 g/mol. The van der Waals surface area contributed by atoms with Gasteiger partial charge in [-0.25, -0.2) is 0 Å². The lowest BCUT2D eigenvalue weighted by atomic mass is 9.73. The van der Waals surface area contributed by atoms with Crippen LogP contribution in [0.15, 0.2) is 218 Å². The first-order valence-corrected chi connectivity index (χ1v) is 22.5. The highest BCUT2D eigenvalue weighted by molar-refractivity contribution is 6.08. The summed E-state index contributed by atoms with van der Waals surface area (Å²) in [5.41, 5.74) is 19.3. The molecular formula is C62H48N2. The van der Waals surface area contributed by atoms with E-state index in [-0.39, 0.29) is 10.8 Å². The summed E-state index contributed by atoms with van der Waals surface area (Å²) in [5, 5.41) is 4.92. The molecule has 0 amide bonds. The topological polar surface area (TPSA) is 6.48 Å². The van der Waals surface area contributed by atoms with Crippen molar-refractivity contribution in [3.05, 3.63) is 241 Å². The minimum absolute atomic E-state index is 0.136. The summed E-state index contributed by atoms with van der Waals surface area (Å²) < 4.78 is 0. The number of nitrogens with zero attached hydrogens (tertiary/aromatic N) is 2. The maximum Gasteiger partial charge on any atom is 0.0618 e. The second-order valence-corrected chi connectivity index (χ2v) is 18.6. The third kappa shape index (κ3) is 5.86. The Hall–Kier alpha value is -7.68. The summed E-state index contributed by atoms with van der Waals surface area (Å²) in [6.45, 7) is 9.53. The summed E-state index contributed by atoms with van der Waals surface area (Å²) in [5.74, 6) is 0. The first-order valence-electron chi connectivity index (χ1n) is 22.5. The molecule has 2 aliphatic rings. The van der Waals surface area contributed by atoms with E-state index in [1.807, 2.05) is 0 Å². The fourth-order valence-corrected chi connectivity index (χ4v) is 10.9. The van der Waals surface area contributed by atoms with E-state index in [2.05, 4.69) is 256 Å². The van der Waals surface area contributed by atoms with Crippen molar-refractivity contribution in [2.45, 2.75) is 38.5 Å². The van der Waals surface area contributed by atoms with Crippen molar-refractivity contribution in [1.82, 2.24) is 0 Å². The highest BCUT2D eigenvalue weighted by Crippen LogP contribution is 2.57. The van der Waals surface area contributed by atoms with Crippen LogP contribution >= 0.6 is 0 Å². The van der Waals surface area contributed by atoms with E-state index < -0.39 is 0 Å². The predicted molar refractivity (Wildman–Crippen MR) is 271 cm³/mol. The standard InChI is InChI=1S/C62H48N2/c1-61(2)54-26-13-12-25-52(54)53-35-32-48(39-56(53)61)63(47-23-16-22-45(38-47)41-17-6-5-7-18-41)49-33-36-59-57(40-49)62(3,4)55-27-14-15-28-58(55)64(59)60-50-24-11-10-20-43(50)31-34-51(60)46-30-29-42-19-8-9-21-44(42)37-46/h5-40H,1-4H3. The zero-order chi connectivity index (χ0) is 43.2. The Morgan fingerprint density at radius 1 is 0.328 bits per heavy atom. The van der Waals surface area contributed by atoms with Gasteiger partial charge in [-0.3, -0.25) is 0 Å². The molecule has 0 saturated carbocycles. The first-order chi connectivity index (χ1) is 31.3. The summed E-state index contributed by atoms with van der Waals surface area (Å²) in [6.07, 6.45) is 0. The van der Waals surface area contributed by atoms with Crippen molar-refractivity contribution in [2.24, 2.45) is 0 Å². The van der Waals surface area contributed by atoms with Crippen LogP contribution in [0.1, 0.15) is 49.9 Å². The van der Waals surface area contributed by atoms with Crippen molar-refractivity contribution < 1.29 is 0 Å². The van der Waals surface area contributed by atoms with Crippen LogP contribution in [-0.2, 0) is 10.8 Å². The molecule has 12 rings (SSSR count). The fourth-order valence-electron chi connectivity index (χ4n) is 10.9. The highest BCUT2D eigenvalue weighted by Gasteiger charge is 2.39. The molecule has 0 spiro atoms. The number of anilines is 6. The number of hydrogen-bond donors (Lipinski definition) is 0. The summed E-state index contributed by atoms with van der Waals surface area (Å²) >= 11 is 0.